The minimum absolute atomic E-state index is 0.835. The van der Waals surface area contributed by atoms with Crippen molar-refractivity contribution in [2.45, 2.75) is 31.8 Å². The zero-order valence-corrected chi connectivity index (χ0v) is 12.5. The van der Waals surface area contributed by atoms with Crippen molar-refractivity contribution in [2.75, 3.05) is 19.6 Å². The second-order valence-electron chi connectivity index (χ2n) is 6.53. The molecule has 3 nitrogen and oxygen atoms in total. The first-order chi connectivity index (χ1) is 10.4. The van der Waals surface area contributed by atoms with E-state index in [-0.39, 0.29) is 0 Å². The third kappa shape index (κ3) is 2.94. The molecule has 4 rings (SSSR count). The van der Waals surface area contributed by atoms with E-state index in [9.17, 15) is 0 Å². The molecule has 1 saturated carbocycles. The molecule has 1 atom stereocenters. The molecule has 1 aliphatic carbocycles. The maximum Gasteiger partial charge on any atom is 0.0346 e. The topological polar surface area (TPSA) is 28.2 Å². The summed E-state index contributed by atoms with van der Waals surface area (Å²) in [6.45, 7) is 4.72. The fraction of sp³-hybridized carbons (Fsp3) is 0.500. The highest BCUT2D eigenvalue weighted by Gasteiger charge is 2.33. The number of pyridine rings is 1. The van der Waals surface area contributed by atoms with Crippen LogP contribution in [0.3, 0.4) is 0 Å². The first-order valence-electron chi connectivity index (χ1n) is 8.16. The number of benzene rings is 1. The molecule has 0 spiro atoms. The Balaban J connectivity index is 1.34. The summed E-state index contributed by atoms with van der Waals surface area (Å²) in [4.78, 5) is 6.89. The van der Waals surface area contributed by atoms with Crippen molar-refractivity contribution in [3.05, 3.63) is 42.2 Å². The fourth-order valence-electron chi connectivity index (χ4n) is 3.56. The lowest BCUT2D eigenvalue weighted by molar-refractivity contribution is 0.312. The SMILES string of the molecule is c1cc(CNCC2CCN(C3CC3)C2)c2ccncc2c1. The predicted molar refractivity (Wildman–Crippen MR) is 86.2 cm³/mol. The molecule has 2 aromatic rings. The van der Waals surface area contributed by atoms with Crippen molar-refractivity contribution in [2.24, 2.45) is 5.92 Å². The second kappa shape index (κ2) is 5.74. The van der Waals surface area contributed by atoms with Gasteiger partial charge in [0.25, 0.3) is 0 Å². The molecule has 1 N–H and O–H groups in total. The molecule has 2 heterocycles. The van der Waals surface area contributed by atoms with Crippen LogP contribution in [0.15, 0.2) is 36.7 Å². The summed E-state index contributed by atoms with van der Waals surface area (Å²) in [5, 5.41) is 6.23. The number of likely N-dealkylation sites (tertiary alicyclic amines) is 1. The molecule has 1 saturated heterocycles. The Morgan fingerprint density at radius 2 is 2.14 bits per heavy atom. The van der Waals surface area contributed by atoms with Crippen molar-refractivity contribution in [1.82, 2.24) is 15.2 Å². The average Bonchev–Trinajstić information content (AvgIpc) is 3.27. The van der Waals surface area contributed by atoms with Gasteiger partial charge >= 0.3 is 0 Å². The van der Waals surface area contributed by atoms with Crippen LogP contribution < -0.4 is 5.32 Å². The predicted octanol–water partition coefficient (Wildman–Crippen LogP) is 2.81. The number of aromatic nitrogens is 1. The first kappa shape index (κ1) is 13.2. The number of hydrogen-bond acceptors (Lipinski definition) is 3. The smallest absolute Gasteiger partial charge is 0.0346 e. The van der Waals surface area contributed by atoms with Gasteiger partial charge in [0.1, 0.15) is 0 Å². The van der Waals surface area contributed by atoms with Gasteiger partial charge in [-0.3, -0.25) is 4.98 Å². The van der Waals surface area contributed by atoms with Gasteiger partial charge in [-0.2, -0.15) is 0 Å². The molecule has 1 aromatic heterocycles. The molecule has 3 heteroatoms. The quantitative estimate of drug-likeness (QED) is 0.913. The summed E-state index contributed by atoms with van der Waals surface area (Å²) in [5.41, 5.74) is 1.38. The van der Waals surface area contributed by atoms with Crippen molar-refractivity contribution < 1.29 is 0 Å². The molecular weight excluding hydrogens is 258 g/mol. The number of fused-ring (bicyclic) bond motifs is 1. The zero-order valence-electron chi connectivity index (χ0n) is 12.5. The molecule has 2 fully saturated rings. The van der Waals surface area contributed by atoms with Crippen LogP contribution in [-0.2, 0) is 6.54 Å². The number of nitrogens with one attached hydrogen (secondary N) is 1. The Morgan fingerprint density at radius 1 is 1.19 bits per heavy atom. The van der Waals surface area contributed by atoms with Crippen LogP contribution >= 0.6 is 0 Å². The normalized spacial score (nSPS) is 23.0. The van der Waals surface area contributed by atoms with Gasteiger partial charge in [-0.05, 0) is 55.3 Å². The van der Waals surface area contributed by atoms with Crippen LogP contribution in [0.4, 0.5) is 0 Å². The van der Waals surface area contributed by atoms with E-state index >= 15 is 0 Å². The van der Waals surface area contributed by atoms with Gasteiger partial charge < -0.3 is 10.2 Å². The summed E-state index contributed by atoms with van der Waals surface area (Å²) in [7, 11) is 0. The lowest BCUT2D eigenvalue weighted by Crippen LogP contribution is -2.27. The Morgan fingerprint density at radius 3 is 3.05 bits per heavy atom. The Kier molecular flexibility index (Phi) is 3.62. The maximum absolute atomic E-state index is 4.20. The molecule has 110 valence electrons. The molecule has 1 aliphatic heterocycles. The summed E-state index contributed by atoms with van der Waals surface area (Å²) in [5.74, 6) is 0.835. The highest BCUT2D eigenvalue weighted by atomic mass is 15.2. The summed E-state index contributed by atoms with van der Waals surface area (Å²) < 4.78 is 0. The lowest BCUT2D eigenvalue weighted by atomic mass is 10.1. The van der Waals surface area contributed by atoms with E-state index in [0.717, 1.165) is 25.0 Å². The van der Waals surface area contributed by atoms with E-state index in [1.165, 1.54) is 48.7 Å². The zero-order chi connectivity index (χ0) is 14.1. The van der Waals surface area contributed by atoms with E-state index in [0.29, 0.717) is 0 Å². The minimum atomic E-state index is 0.835. The third-order valence-corrected chi connectivity index (χ3v) is 4.90. The van der Waals surface area contributed by atoms with Gasteiger partial charge in [-0.1, -0.05) is 18.2 Å². The monoisotopic (exact) mass is 281 g/mol. The van der Waals surface area contributed by atoms with Crippen molar-refractivity contribution in [3.63, 3.8) is 0 Å². The van der Waals surface area contributed by atoms with Crippen LogP contribution in [0.25, 0.3) is 10.8 Å². The third-order valence-electron chi connectivity index (χ3n) is 4.90. The van der Waals surface area contributed by atoms with Gasteiger partial charge in [-0.25, -0.2) is 0 Å². The summed E-state index contributed by atoms with van der Waals surface area (Å²) in [6, 6.07) is 9.54. The van der Waals surface area contributed by atoms with E-state index in [1.54, 1.807) is 0 Å². The summed E-state index contributed by atoms with van der Waals surface area (Å²) >= 11 is 0. The van der Waals surface area contributed by atoms with Gasteiger partial charge in [0.05, 0.1) is 0 Å². The van der Waals surface area contributed by atoms with Crippen molar-refractivity contribution in [1.29, 1.82) is 0 Å². The number of rotatable bonds is 5. The largest absolute Gasteiger partial charge is 0.312 e. The molecular formula is C18H23N3. The molecule has 0 amide bonds. The maximum atomic E-state index is 4.20. The van der Waals surface area contributed by atoms with Crippen LogP contribution in [0.5, 0.6) is 0 Å². The van der Waals surface area contributed by atoms with E-state index in [1.807, 2.05) is 12.4 Å². The highest BCUT2D eigenvalue weighted by Crippen LogP contribution is 2.31. The van der Waals surface area contributed by atoms with Gasteiger partial charge in [0.15, 0.2) is 0 Å². The lowest BCUT2D eigenvalue weighted by Gasteiger charge is -2.15. The molecule has 21 heavy (non-hydrogen) atoms. The van der Waals surface area contributed by atoms with Crippen LogP contribution in [0.1, 0.15) is 24.8 Å². The van der Waals surface area contributed by atoms with E-state index in [4.69, 9.17) is 0 Å². The van der Waals surface area contributed by atoms with Crippen LogP contribution in [0, 0.1) is 5.92 Å². The standard InChI is InChI=1S/C18H23N3/c1-2-15-11-19-8-6-18(15)16(3-1)12-20-10-14-7-9-21(13-14)17-4-5-17/h1-3,6,8,11,14,17,20H,4-5,7,9-10,12-13H2. The van der Waals surface area contributed by atoms with E-state index in [2.05, 4.69) is 39.5 Å². The van der Waals surface area contributed by atoms with Crippen LogP contribution in [0.2, 0.25) is 0 Å². The Labute approximate surface area is 126 Å². The van der Waals surface area contributed by atoms with Crippen LogP contribution in [-0.4, -0.2) is 35.6 Å². The first-order valence-corrected chi connectivity index (χ1v) is 8.16. The van der Waals surface area contributed by atoms with E-state index < -0.39 is 0 Å². The Hall–Kier alpha value is -1.45. The highest BCUT2D eigenvalue weighted by molar-refractivity contribution is 5.84. The van der Waals surface area contributed by atoms with Crippen molar-refractivity contribution >= 4 is 10.8 Å². The molecule has 1 aromatic carbocycles. The second-order valence-corrected chi connectivity index (χ2v) is 6.53. The number of hydrogen-bond donors (Lipinski definition) is 1. The van der Waals surface area contributed by atoms with Gasteiger partial charge in [0.2, 0.25) is 0 Å². The fourth-order valence-corrected chi connectivity index (χ4v) is 3.56. The molecule has 1 unspecified atom stereocenters. The molecule has 0 radical (unpaired) electrons. The summed E-state index contributed by atoms with van der Waals surface area (Å²) in [6.07, 6.45) is 8.07. The Bertz CT molecular complexity index is 615. The van der Waals surface area contributed by atoms with Gasteiger partial charge in [-0.15, -0.1) is 0 Å². The average molecular weight is 281 g/mol. The van der Waals surface area contributed by atoms with Gasteiger partial charge in [0, 0.05) is 36.9 Å². The minimum Gasteiger partial charge on any atom is -0.312 e. The molecule has 2 aliphatic rings. The van der Waals surface area contributed by atoms with Crippen molar-refractivity contribution in [3.8, 4) is 0 Å². The molecule has 0 bridgehead atoms. The number of nitrogens with zero attached hydrogens (tertiary/aromatic N) is 2.